The van der Waals surface area contributed by atoms with Gasteiger partial charge in [-0.2, -0.15) is 0 Å². The molecule has 1 aromatic carbocycles. The fourth-order valence-corrected chi connectivity index (χ4v) is 2.71. The summed E-state index contributed by atoms with van der Waals surface area (Å²) in [6.07, 6.45) is 4.83. The number of fused-ring (bicyclic) bond motifs is 1. The van der Waals surface area contributed by atoms with Crippen LogP contribution < -0.4 is 10.1 Å². The highest BCUT2D eigenvalue weighted by Gasteiger charge is 2.08. The van der Waals surface area contributed by atoms with Gasteiger partial charge in [-0.1, -0.05) is 19.4 Å². The number of rotatable bonds is 8. The van der Waals surface area contributed by atoms with E-state index in [4.69, 9.17) is 4.74 Å². The molecular formula is C18H28N2O. The number of benzene rings is 1. The van der Waals surface area contributed by atoms with Gasteiger partial charge in [-0.15, -0.1) is 0 Å². The van der Waals surface area contributed by atoms with Crippen molar-refractivity contribution in [1.82, 2.24) is 9.88 Å². The van der Waals surface area contributed by atoms with Crippen molar-refractivity contribution in [2.24, 2.45) is 0 Å². The van der Waals surface area contributed by atoms with Crippen LogP contribution in [0.2, 0.25) is 0 Å². The van der Waals surface area contributed by atoms with Gasteiger partial charge in [-0.25, -0.2) is 0 Å². The predicted octanol–water partition coefficient (Wildman–Crippen LogP) is 4.21. The lowest BCUT2D eigenvalue weighted by Crippen LogP contribution is -2.29. The quantitative estimate of drug-likeness (QED) is 0.787. The van der Waals surface area contributed by atoms with Crippen molar-refractivity contribution in [2.45, 2.75) is 59.2 Å². The number of nitrogens with zero attached hydrogens (tertiary/aromatic N) is 1. The van der Waals surface area contributed by atoms with Crippen LogP contribution in [0.4, 0.5) is 0 Å². The molecule has 1 N–H and O–H groups in total. The summed E-state index contributed by atoms with van der Waals surface area (Å²) < 4.78 is 8.19. The lowest BCUT2D eigenvalue weighted by Gasteiger charge is -2.14. The van der Waals surface area contributed by atoms with Gasteiger partial charge >= 0.3 is 0 Å². The van der Waals surface area contributed by atoms with Gasteiger partial charge in [-0.3, -0.25) is 0 Å². The van der Waals surface area contributed by atoms with Gasteiger partial charge in [-0.05, 0) is 45.4 Å². The van der Waals surface area contributed by atoms with Gasteiger partial charge in [0.15, 0.2) is 0 Å². The Kier molecular flexibility index (Phi) is 5.68. The minimum atomic E-state index is 0.204. The summed E-state index contributed by atoms with van der Waals surface area (Å²) >= 11 is 0. The molecule has 21 heavy (non-hydrogen) atoms. The highest BCUT2D eigenvalue weighted by Crippen LogP contribution is 2.27. The Morgan fingerprint density at radius 3 is 2.71 bits per heavy atom. The molecule has 0 aliphatic heterocycles. The highest BCUT2D eigenvalue weighted by atomic mass is 16.5. The molecule has 0 aliphatic carbocycles. The van der Waals surface area contributed by atoms with E-state index in [-0.39, 0.29) is 6.10 Å². The van der Waals surface area contributed by atoms with Crippen LogP contribution in [0.25, 0.3) is 10.9 Å². The molecule has 1 atom stereocenters. The number of nitrogens with one attached hydrogen (secondary N) is 1. The minimum Gasteiger partial charge on any atom is -0.490 e. The lowest BCUT2D eigenvalue weighted by atomic mass is 10.2. The summed E-state index contributed by atoms with van der Waals surface area (Å²) in [4.78, 5) is 0. The first-order chi connectivity index (χ1) is 10.1. The maximum absolute atomic E-state index is 5.89. The van der Waals surface area contributed by atoms with Crippen molar-refractivity contribution in [3.63, 3.8) is 0 Å². The lowest BCUT2D eigenvalue weighted by molar-refractivity contribution is 0.245. The average Bonchev–Trinajstić information content (AvgIpc) is 2.83. The van der Waals surface area contributed by atoms with Crippen LogP contribution in [0.5, 0.6) is 5.75 Å². The maximum Gasteiger partial charge on any atom is 0.129 e. The Morgan fingerprint density at radius 1 is 1.19 bits per heavy atom. The van der Waals surface area contributed by atoms with Crippen molar-refractivity contribution in [2.75, 3.05) is 6.54 Å². The van der Waals surface area contributed by atoms with Gasteiger partial charge in [0, 0.05) is 30.7 Å². The molecule has 116 valence electrons. The summed E-state index contributed by atoms with van der Waals surface area (Å²) in [7, 11) is 0. The maximum atomic E-state index is 5.89. The van der Waals surface area contributed by atoms with E-state index in [0.29, 0.717) is 6.04 Å². The van der Waals surface area contributed by atoms with Crippen LogP contribution in [-0.2, 0) is 6.54 Å². The van der Waals surface area contributed by atoms with E-state index >= 15 is 0 Å². The van der Waals surface area contributed by atoms with Crippen molar-refractivity contribution in [3.05, 3.63) is 30.5 Å². The van der Waals surface area contributed by atoms with E-state index in [2.05, 4.69) is 62.0 Å². The number of aromatic nitrogens is 1. The number of hydrogen-bond acceptors (Lipinski definition) is 2. The predicted molar refractivity (Wildman–Crippen MR) is 90.1 cm³/mol. The normalized spacial score (nSPS) is 13.0. The standard InChI is InChI=1S/C18H28N2O/c1-5-7-15(4)19-11-13-20-12-10-16-17(20)8-6-9-18(16)21-14(2)3/h6,8-10,12,14-15,19H,5,7,11,13H2,1-4H3. The third kappa shape index (κ3) is 4.24. The molecule has 0 radical (unpaired) electrons. The van der Waals surface area contributed by atoms with Crippen LogP contribution in [0, 0.1) is 0 Å². The third-order valence-corrected chi connectivity index (χ3v) is 3.70. The first kappa shape index (κ1) is 15.9. The smallest absolute Gasteiger partial charge is 0.129 e. The summed E-state index contributed by atoms with van der Waals surface area (Å²) in [5.41, 5.74) is 1.25. The van der Waals surface area contributed by atoms with Crippen LogP contribution in [0.15, 0.2) is 30.5 Å². The van der Waals surface area contributed by atoms with Gasteiger partial charge in [0.05, 0.1) is 11.6 Å². The molecule has 0 saturated heterocycles. The summed E-state index contributed by atoms with van der Waals surface area (Å²) in [6, 6.07) is 9.04. The Hall–Kier alpha value is -1.48. The van der Waals surface area contributed by atoms with Crippen molar-refractivity contribution < 1.29 is 4.74 Å². The molecule has 1 aromatic heterocycles. The Morgan fingerprint density at radius 2 is 2.00 bits per heavy atom. The second-order valence-corrected chi connectivity index (χ2v) is 6.01. The Bertz CT molecular complexity index is 559. The second-order valence-electron chi connectivity index (χ2n) is 6.01. The number of ether oxygens (including phenoxy) is 1. The third-order valence-electron chi connectivity index (χ3n) is 3.70. The average molecular weight is 288 g/mol. The second kappa shape index (κ2) is 7.51. The first-order valence-electron chi connectivity index (χ1n) is 8.09. The minimum absolute atomic E-state index is 0.204. The Balaban J connectivity index is 2.04. The van der Waals surface area contributed by atoms with Gasteiger partial charge in [0.1, 0.15) is 5.75 Å². The highest BCUT2D eigenvalue weighted by molar-refractivity contribution is 5.86. The topological polar surface area (TPSA) is 26.2 Å². The van der Waals surface area contributed by atoms with E-state index in [1.54, 1.807) is 0 Å². The van der Waals surface area contributed by atoms with Crippen molar-refractivity contribution in [1.29, 1.82) is 0 Å². The molecule has 0 fully saturated rings. The van der Waals surface area contributed by atoms with E-state index in [1.807, 2.05) is 6.07 Å². The van der Waals surface area contributed by atoms with Gasteiger partial charge < -0.3 is 14.6 Å². The van der Waals surface area contributed by atoms with Crippen LogP contribution in [0.1, 0.15) is 40.5 Å². The van der Waals surface area contributed by atoms with E-state index in [9.17, 15) is 0 Å². The van der Waals surface area contributed by atoms with E-state index in [0.717, 1.165) is 18.8 Å². The zero-order valence-electron chi connectivity index (χ0n) is 13.7. The molecule has 0 bridgehead atoms. The summed E-state index contributed by atoms with van der Waals surface area (Å²) in [5, 5.41) is 4.78. The molecule has 1 unspecified atom stereocenters. The van der Waals surface area contributed by atoms with Crippen molar-refractivity contribution in [3.8, 4) is 5.75 Å². The largest absolute Gasteiger partial charge is 0.490 e. The molecule has 1 heterocycles. The van der Waals surface area contributed by atoms with Crippen LogP contribution in [-0.4, -0.2) is 23.3 Å². The molecule has 2 rings (SSSR count). The van der Waals surface area contributed by atoms with Gasteiger partial charge in [0.25, 0.3) is 0 Å². The van der Waals surface area contributed by atoms with E-state index in [1.165, 1.54) is 23.7 Å². The monoisotopic (exact) mass is 288 g/mol. The summed E-state index contributed by atoms with van der Waals surface area (Å²) in [5.74, 6) is 0.980. The molecule has 2 aromatic rings. The molecule has 0 amide bonds. The molecule has 0 aliphatic rings. The fourth-order valence-electron chi connectivity index (χ4n) is 2.71. The Labute approximate surface area is 128 Å². The number of hydrogen-bond donors (Lipinski definition) is 1. The first-order valence-corrected chi connectivity index (χ1v) is 8.09. The molecule has 0 spiro atoms. The SMILES string of the molecule is CCCC(C)NCCn1ccc2c(OC(C)C)cccc21. The molecule has 3 nitrogen and oxygen atoms in total. The van der Waals surface area contributed by atoms with Crippen molar-refractivity contribution >= 4 is 10.9 Å². The van der Waals surface area contributed by atoms with Gasteiger partial charge in [0.2, 0.25) is 0 Å². The zero-order chi connectivity index (χ0) is 15.2. The van der Waals surface area contributed by atoms with E-state index < -0.39 is 0 Å². The molecule has 0 saturated carbocycles. The summed E-state index contributed by atoms with van der Waals surface area (Å²) in [6.45, 7) is 10.6. The fraction of sp³-hybridized carbons (Fsp3) is 0.556. The molecule has 3 heteroatoms. The van der Waals surface area contributed by atoms with Crippen LogP contribution >= 0.6 is 0 Å². The zero-order valence-corrected chi connectivity index (χ0v) is 13.7. The molecular weight excluding hydrogens is 260 g/mol. The van der Waals surface area contributed by atoms with Crippen LogP contribution in [0.3, 0.4) is 0 Å².